The van der Waals surface area contributed by atoms with Crippen LogP contribution in [0.3, 0.4) is 0 Å². The van der Waals surface area contributed by atoms with Crippen molar-refractivity contribution in [2.45, 2.75) is 6.17 Å². The summed E-state index contributed by atoms with van der Waals surface area (Å²) in [6.07, 6.45) is -0.594. The highest BCUT2D eigenvalue weighted by Crippen LogP contribution is 2.21. The third-order valence-corrected chi connectivity index (χ3v) is 3.80. The van der Waals surface area contributed by atoms with Gasteiger partial charge in [-0.25, -0.2) is 0 Å². The predicted molar refractivity (Wildman–Crippen MR) is 88.3 cm³/mol. The van der Waals surface area contributed by atoms with E-state index in [0.717, 1.165) is 0 Å². The van der Waals surface area contributed by atoms with Crippen LogP contribution in [0.4, 0.5) is 0 Å². The Labute approximate surface area is 138 Å². The van der Waals surface area contributed by atoms with Crippen molar-refractivity contribution in [1.82, 2.24) is 10.6 Å². The van der Waals surface area contributed by atoms with Crippen LogP contribution in [0.25, 0.3) is 0 Å². The molecule has 98 valence electrons. The Morgan fingerprint density at radius 3 is 2.06 bits per heavy atom. The first kappa shape index (κ1) is 16.0. The normalized spacial score (nSPS) is 10.2. The lowest BCUT2D eigenvalue weighted by atomic mass is 10.1. The summed E-state index contributed by atoms with van der Waals surface area (Å²) >= 11 is 9.98. The predicted octanol–water partition coefficient (Wildman–Crippen LogP) is 2.44. The molecule has 0 saturated heterocycles. The van der Waals surface area contributed by atoms with Crippen LogP contribution < -0.4 is 10.6 Å². The van der Waals surface area contributed by atoms with Crippen molar-refractivity contribution >= 4 is 68.6 Å². The summed E-state index contributed by atoms with van der Waals surface area (Å²) < 4.78 is 0.637. The molecule has 4 nitrogen and oxygen atoms in total. The van der Waals surface area contributed by atoms with Gasteiger partial charge in [-0.15, -0.1) is 0 Å². The third kappa shape index (κ3) is 4.88. The summed E-state index contributed by atoms with van der Waals surface area (Å²) in [5.74, 6) is -0.316. The average molecular weight is 492 g/mol. The molecule has 0 aliphatic carbocycles. The molecule has 0 aliphatic rings. The van der Waals surface area contributed by atoms with Crippen LogP contribution in [0.1, 0.15) is 11.7 Å². The largest absolute Gasteiger partial charge is 0.331 e. The molecule has 0 aliphatic heterocycles. The van der Waals surface area contributed by atoms with Gasteiger partial charge in [-0.3, -0.25) is 9.59 Å². The first-order valence-corrected chi connectivity index (χ1v) is 8.46. The van der Waals surface area contributed by atoms with Crippen LogP contribution >= 0.6 is 56.8 Å². The van der Waals surface area contributed by atoms with E-state index < -0.39 is 6.17 Å². The summed E-state index contributed by atoms with van der Waals surface area (Å²) in [6.45, 7) is 0. The first-order chi connectivity index (χ1) is 8.58. The molecular formula is C11H11ClI2N2O2. The molecule has 7 heteroatoms. The SMILES string of the molecule is O=C(CI)NC(NC(=O)CI)c1ccccc1Cl. The van der Waals surface area contributed by atoms with Gasteiger partial charge in [-0.05, 0) is 6.07 Å². The van der Waals surface area contributed by atoms with E-state index in [9.17, 15) is 9.59 Å². The van der Waals surface area contributed by atoms with E-state index in [4.69, 9.17) is 11.6 Å². The van der Waals surface area contributed by atoms with Crippen LogP contribution in [0, 0.1) is 0 Å². The molecule has 1 aromatic carbocycles. The summed E-state index contributed by atoms with van der Waals surface area (Å²) in [5, 5.41) is 5.95. The Bertz CT molecular complexity index is 425. The van der Waals surface area contributed by atoms with E-state index in [2.05, 4.69) is 10.6 Å². The van der Waals surface area contributed by atoms with E-state index in [1.807, 2.05) is 45.2 Å². The second-order valence-corrected chi connectivity index (χ2v) is 5.29. The van der Waals surface area contributed by atoms with Crippen LogP contribution in [0.2, 0.25) is 5.02 Å². The molecule has 1 rings (SSSR count). The zero-order valence-corrected chi connectivity index (χ0v) is 14.3. The van der Waals surface area contributed by atoms with E-state index in [1.54, 1.807) is 24.3 Å². The van der Waals surface area contributed by atoms with Crippen molar-refractivity contribution in [2.75, 3.05) is 8.86 Å². The van der Waals surface area contributed by atoms with Gasteiger partial charge in [0.05, 0.1) is 8.86 Å². The molecule has 0 bridgehead atoms. The molecule has 0 heterocycles. The number of amides is 2. The second-order valence-electron chi connectivity index (χ2n) is 3.36. The van der Waals surface area contributed by atoms with E-state index in [0.29, 0.717) is 19.4 Å². The average Bonchev–Trinajstić information content (AvgIpc) is 2.38. The maximum atomic E-state index is 11.5. The lowest BCUT2D eigenvalue weighted by Crippen LogP contribution is -2.42. The van der Waals surface area contributed by atoms with Gasteiger partial charge in [-0.2, -0.15) is 0 Å². The lowest BCUT2D eigenvalue weighted by Gasteiger charge is -2.20. The number of benzene rings is 1. The number of alkyl halides is 2. The Morgan fingerprint density at radius 1 is 1.11 bits per heavy atom. The number of halogens is 3. The van der Waals surface area contributed by atoms with E-state index in [1.165, 1.54) is 0 Å². The van der Waals surface area contributed by atoms with Gasteiger partial charge >= 0.3 is 0 Å². The van der Waals surface area contributed by atoms with E-state index in [-0.39, 0.29) is 11.8 Å². The van der Waals surface area contributed by atoms with Crippen LogP contribution in [-0.2, 0) is 9.59 Å². The Balaban J connectivity index is 2.93. The molecular weight excluding hydrogens is 481 g/mol. The van der Waals surface area contributed by atoms with Gasteiger partial charge in [-0.1, -0.05) is 75.0 Å². The zero-order valence-electron chi connectivity index (χ0n) is 9.25. The van der Waals surface area contributed by atoms with Gasteiger partial charge in [0.1, 0.15) is 6.17 Å². The van der Waals surface area contributed by atoms with Gasteiger partial charge in [0.2, 0.25) is 11.8 Å². The maximum Gasteiger partial charge on any atom is 0.231 e. The van der Waals surface area contributed by atoms with Crippen molar-refractivity contribution in [1.29, 1.82) is 0 Å². The maximum absolute atomic E-state index is 11.5. The van der Waals surface area contributed by atoms with Gasteiger partial charge in [0.15, 0.2) is 0 Å². The standard InChI is InChI=1S/C11H11ClI2N2O2/c12-8-4-2-1-3-7(8)11(15-9(17)5-13)16-10(18)6-14/h1-4,11H,5-6H2,(H,15,17)(H,16,18). The zero-order chi connectivity index (χ0) is 13.5. The summed E-state index contributed by atoms with van der Waals surface area (Å²) in [5.41, 5.74) is 0.676. The third-order valence-electron chi connectivity index (χ3n) is 2.07. The Morgan fingerprint density at radius 2 is 1.61 bits per heavy atom. The van der Waals surface area contributed by atoms with E-state index >= 15 is 0 Å². The fourth-order valence-corrected chi connectivity index (χ4v) is 1.99. The van der Waals surface area contributed by atoms with Gasteiger partial charge in [0.25, 0.3) is 0 Å². The molecule has 2 N–H and O–H groups in total. The minimum Gasteiger partial charge on any atom is -0.331 e. The number of carbonyl (C=O) groups excluding carboxylic acids is 2. The number of hydrogen-bond acceptors (Lipinski definition) is 2. The highest BCUT2D eigenvalue weighted by Gasteiger charge is 2.18. The summed E-state index contributed by atoms with van der Waals surface area (Å²) in [4.78, 5) is 22.9. The van der Waals surface area contributed by atoms with Gasteiger partial charge < -0.3 is 10.6 Å². The molecule has 0 aromatic heterocycles. The highest BCUT2D eigenvalue weighted by molar-refractivity contribution is 14.1. The number of carbonyl (C=O) groups is 2. The summed E-state index contributed by atoms with van der Waals surface area (Å²) in [6, 6.07) is 7.09. The molecule has 0 unspecified atom stereocenters. The minimum atomic E-state index is -0.594. The topological polar surface area (TPSA) is 58.2 Å². The van der Waals surface area contributed by atoms with Crippen molar-refractivity contribution in [3.05, 3.63) is 34.9 Å². The van der Waals surface area contributed by atoms with Crippen LogP contribution in [-0.4, -0.2) is 20.7 Å². The van der Waals surface area contributed by atoms with Crippen molar-refractivity contribution in [3.8, 4) is 0 Å². The fraction of sp³-hybridized carbons (Fsp3) is 0.273. The second kappa shape index (κ2) is 8.16. The molecule has 2 amide bonds. The molecule has 0 radical (unpaired) electrons. The molecule has 0 atom stereocenters. The molecule has 0 fully saturated rings. The Hall–Kier alpha value is -0.0900. The lowest BCUT2D eigenvalue weighted by molar-refractivity contribution is -0.121. The number of rotatable bonds is 5. The monoisotopic (exact) mass is 492 g/mol. The fourth-order valence-electron chi connectivity index (χ4n) is 1.30. The van der Waals surface area contributed by atoms with Gasteiger partial charge in [0, 0.05) is 10.6 Å². The molecule has 18 heavy (non-hydrogen) atoms. The smallest absolute Gasteiger partial charge is 0.231 e. The number of hydrogen-bond donors (Lipinski definition) is 2. The molecule has 1 aromatic rings. The molecule has 0 spiro atoms. The van der Waals surface area contributed by atoms with Crippen molar-refractivity contribution < 1.29 is 9.59 Å². The van der Waals surface area contributed by atoms with Crippen LogP contribution in [0.15, 0.2) is 24.3 Å². The quantitative estimate of drug-likeness (QED) is 0.377. The highest BCUT2D eigenvalue weighted by atomic mass is 127. The minimum absolute atomic E-state index is 0.158. The summed E-state index contributed by atoms with van der Waals surface area (Å²) in [7, 11) is 0. The molecule has 0 saturated carbocycles. The van der Waals surface area contributed by atoms with Crippen molar-refractivity contribution in [3.63, 3.8) is 0 Å². The van der Waals surface area contributed by atoms with Crippen LogP contribution in [0.5, 0.6) is 0 Å². The Kier molecular flexibility index (Phi) is 7.23. The van der Waals surface area contributed by atoms with Crippen molar-refractivity contribution in [2.24, 2.45) is 0 Å². The number of nitrogens with one attached hydrogen (secondary N) is 2. The first-order valence-electron chi connectivity index (χ1n) is 5.03.